The molecule has 0 radical (unpaired) electrons. The summed E-state index contributed by atoms with van der Waals surface area (Å²) in [4.78, 5) is 0. The van der Waals surface area contributed by atoms with Crippen molar-refractivity contribution in [1.29, 1.82) is 0 Å². The molecular weight excluding hydrogens is 314 g/mol. The number of hydrogen-bond acceptors (Lipinski definition) is 4. The summed E-state index contributed by atoms with van der Waals surface area (Å²) in [6.07, 6.45) is 1.25. The first kappa shape index (κ1) is 18.1. The Balaban J connectivity index is 2.85. The molecule has 0 amide bonds. The molecule has 0 unspecified atom stereocenters. The molecule has 0 aliphatic rings. The third kappa shape index (κ3) is 5.05. The summed E-state index contributed by atoms with van der Waals surface area (Å²) in [5, 5.41) is 0. The van der Waals surface area contributed by atoms with Crippen molar-refractivity contribution in [3.63, 3.8) is 0 Å². The molecule has 1 rings (SSSR count). The van der Waals surface area contributed by atoms with Crippen LogP contribution in [0.2, 0.25) is 0 Å². The standard InChI is InChI=1S/C14H22ClNO4S/c1-16(21(17,18)10-5-4-9-15)11-12-7-6-8-13(19-2)14(12)20-3/h6-8H,4-5,9-11H2,1-3H3. The van der Waals surface area contributed by atoms with Crippen molar-refractivity contribution in [3.05, 3.63) is 23.8 Å². The first-order chi connectivity index (χ1) is 9.96. The number of rotatable bonds is 9. The fraction of sp³-hybridized carbons (Fsp3) is 0.571. The van der Waals surface area contributed by atoms with E-state index < -0.39 is 10.0 Å². The van der Waals surface area contributed by atoms with E-state index in [2.05, 4.69) is 0 Å². The molecule has 1 aromatic carbocycles. The van der Waals surface area contributed by atoms with Gasteiger partial charge in [0.15, 0.2) is 11.5 Å². The molecule has 0 spiro atoms. The van der Waals surface area contributed by atoms with Gasteiger partial charge in [0.1, 0.15) is 0 Å². The van der Waals surface area contributed by atoms with Gasteiger partial charge in [-0.15, -0.1) is 11.6 Å². The summed E-state index contributed by atoms with van der Waals surface area (Å²) in [6.45, 7) is 0.240. The second-order valence-electron chi connectivity index (χ2n) is 4.62. The van der Waals surface area contributed by atoms with Gasteiger partial charge in [0.25, 0.3) is 0 Å². The van der Waals surface area contributed by atoms with Crippen molar-refractivity contribution in [2.75, 3.05) is 32.9 Å². The first-order valence-corrected chi connectivity index (χ1v) is 8.80. The highest BCUT2D eigenvalue weighted by Crippen LogP contribution is 2.31. The van der Waals surface area contributed by atoms with E-state index in [1.165, 1.54) is 11.4 Å². The Morgan fingerprint density at radius 2 is 1.90 bits per heavy atom. The zero-order valence-electron chi connectivity index (χ0n) is 12.6. The maximum atomic E-state index is 12.2. The van der Waals surface area contributed by atoms with Crippen LogP contribution in [-0.2, 0) is 16.6 Å². The van der Waals surface area contributed by atoms with E-state index in [1.807, 2.05) is 12.1 Å². The number of ether oxygens (including phenoxy) is 2. The maximum absolute atomic E-state index is 12.2. The normalized spacial score (nSPS) is 11.7. The molecule has 7 heteroatoms. The second-order valence-corrected chi connectivity index (χ2v) is 7.19. The van der Waals surface area contributed by atoms with Gasteiger partial charge in [0, 0.05) is 25.0 Å². The van der Waals surface area contributed by atoms with Crippen LogP contribution < -0.4 is 9.47 Å². The quantitative estimate of drug-likeness (QED) is 0.514. The number of halogens is 1. The molecule has 5 nitrogen and oxygen atoms in total. The summed E-state index contributed by atoms with van der Waals surface area (Å²) in [6, 6.07) is 5.41. The van der Waals surface area contributed by atoms with Gasteiger partial charge in [-0.3, -0.25) is 0 Å². The van der Waals surface area contributed by atoms with Crippen molar-refractivity contribution >= 4 is 21.6 Å². The minimum atomic E-state index is -3.30. The van der Waals surface area contributed by atoms with Gasteiger partial charge in [-0.05, 0) is 18.9 Å². The van der Waals surface area contributed by atoms with Crippen LogP contribution in [0, 0.1) is 0 Å². The van der Waals surface area contributed by atoms with Gasteiger partial charge >= 0.3 is 0 Å². The average molecular weight is 336 g/mol. The molecule has 0 atom stereocenters. The second kappa shape index (κ2) is 8.46. The molecule has 0 saturated heterocycles. The lowest BCUT2D eigenvalue weighted by molar-refractivity contribution is 0.347. The van der Waals surface area contributed by atoms with E-state index in [4.69, 9.17) is 21.1 Å². The molecule has 1 aromatic rings. The van der Waals surface area contributed by atoms with E-state index in [-0.39, 0.29) is 12.3 Å². The molecule has 0 heterocycles. The van der Waals surface area contributed by atoms with E-state index in [1.54, 1.807) is 20.2 Å². The SMILES string of the molecule is COc1cccc(CN(C)S(=O)(=O)CCCCCl)c1OC. The molecule has 0 aromatic heterocycles. The summed E-state index contributed by atoms with van der Waals surface area (Å²) in [7, 11) is 1.36. The van der Waals surface area contributed by atoms with Gasteiger partial charge in [0.05, 0.1) is 20.0 Å². The monoisotopic (exact) mass is 335 g/mol. The number of hydrogen-bond donors (Lipinski definition) is 0. The molecule has 0 fully saturated rings. The lowest BCUT2D eigenvalue weighted by Gasteiger charge is -2.19. The minimum Gasteiger partial charge on any atom is -0.493 e. The molecule has 0 N–H and O–H groups in total. The topological polar surface area (TPSA) is 55.8 Å². The number of alkyl halides is 1. The van der Waals surface area contributed by atoms with E-state index in [9.17, 15) is 8.42 Å². The molecule has 21 heavy (non-hydrogen) atoms. The largest absolute Gasteiger partial charge is 0.493 e. The predicted molar refractivity (Wildman–Crippen MR) is 84.8 cm³/mol. The van der Waals surface area contributed by atoms with Crippen molar-refractivity contribution in [1.82, 2.24) is 4.31 Å². The van der Waals surface area contributed by atoms with E-state index in [0.29, 0.717) is 30.2 Å². The molecule has 0 aliphatic heterocycles. The van der Waals surface area contributed by atoms with Crippen LogP contribution in [0.15, 0.2) is 18.2 Å². The molecule has 0 saturated carbocycles. The van der Waals surface area contributed by atoms with Gasteiger partial charge in [-0.1, -0.05) is 12.1 Å². The summed E-state index contributed by atoms with van der Waals surface area (Å²) < 4.78 is 36.2. The van der Waals surface area contributed by atoms with Crippen LogP contribution in [0.3, 0.4) is 0 Å². The predicted octanol–water partition coefficient (Wildman–Crippen LogP) is 2.48. The Labute approximate surface area is 131 Å². The third-order valence-electron chi connectivity index (χ3n) is 3.14. The maximum Gasteiger partial charge on any atom is 0.214 e. The van der Waals surface area contributed by atoms with Gasteiger partial charge in [-0.25, -0.2) is 12.7 Å². The lowest BCUT2D eigenvalue weighted by Crippen LogP contribution is -2.29. The smallest absolute Gasteiger partial charge is 0.214 e. The van der Waals surface area contributed by atoms with Crippen molar-refractivity contribution < 1.29 is 17.9 Å². The Bertz CT molecular complexity index is 548. The highest BCUT2D eigenvalue weighted by Gasteiger charge is 2.20. The van der Waals surface area contributed by atoms with E-state index >= 15 is 0 Å². The molecule has 120 valence electrons. The average Bonchev–Trinajstić information content (AvgIpc) is 2.46. The lowest BCUT2D eigenvalue weighted by atomic mass is 10.2. The van der Waals surface area contributed by atoms with Crippen LogP contribution >= 0.6 is 11.6 Å². The zero-order valence-corrected chi connectivity index (χ0v) is 14.2. The van der Waals surface area contributed by atoms with Gasteiger partial charge < -0.3 is 9.47 Å². The fourth-order valence-electron chi connectivity index (χ4n) is 1.95. The molecule has 0 aliphatic carbocycles. The number of para-hydroxylation sites is 1. The van der Waals surface area contributed by atoms with Crippen LogP contribution in [0.5, 0.6) is 11.5 Å². The summed E-state index contributed by atoms with van der Waals surface area (Å²) in [5.74, 6) is 1.72. The minimum absolute atomic E-state index is 0.0997. The van der Waals surface area contributed by atoms with E-state index in [0.717, 1.165) is 5.56 Å². The highest BCUT2D eigenvalue weighted by atomic mass is 35.5. The number of methoxy groups -OCH3 is 2. The third-order valence-corrected chi connectivity index (χ3v) is 5.29. The number of nitrogens with zero attached hydrogens (tertiary/aromatic N) is 1. The van der Waals surface area contributed by atoms with Crippen LogP contribution in [-0.4, -0.2) is 45.6 Å². The first-order valence-electron chi connectivity index (χ1n) is 6.66. The Morgan fingerprint density at radius 1 is 1.19 bits per heavy atom. The van der Waals surface area contributed by atoms with Crippen LogP contribution in [0.25, 0.3) is 0 Å². The van der Waals surface area contributed by atoms with Gasteiger partial charge in [0.2, 0.25) is 10.0 Å². The van der Waals surface area contributed by atoms with Crippen LogP contribution in [0.4, 0.5) is 0 Å². The number of unbranched alkanes of at least 4 members (excludes halogenated alkanes) is 1. The van der Waals surface area contributed by atoms with Crippen molar-refractivity contribution in [2.45, 2.75) is 19.4 Å². The summed E-state index contributed by atoms with van der Waals surface area (Å²) in [5.41, 5.74) is 0.764. The fourth-order valence-corrected chi connectivity index (χ4v) is 3.36. The molecule has 0 bridgehead atoms. The van der Waals surface area contributed by atoms with Gasteiger partial charge in [-0.2, -0.15) is 0 Å². The zero-order chi connectivity index (χ0) is 15.9. The number of benzene rings is 1. The Kier molecular flexibility index (Phi) is 7.28. The van der Waals surface area contributed by atoms with Crippen molar-refractivity contribution in [2.24, 2.45) is 0 Å². The summed E-state index contributed by atoms with van der Waals surface area (Å²) >= 11 is 5.57. The molecular formula is C14H22ClNO4S. The van der Waals surface area contributed by atoms with Crippen molar-refractivity contribution in [3.8, 4) is 11.5 Å². The Morgan fingerprint density at radius 3 is 2.48 bits per heavy atom. The number of sulfonamides is 1. The highest BCUT2D eigenvalue weighted by molar-refractivity contribution is 7.89. The Hall–Kier alpha value is -0.980. The van der Waals surface area contributed by atoms with Crippen LogP contribution in [0.1, 0.15) is 18.4 Å².